The zero-order chi connectivity index (χ0) is 9.97. The summed E-state index contributed by atoms with van der Waals surface area (Å²) < 4.78 is 23.0. The molecule has 71 valence electrons. The van der Waals surface area contributed by atoms with Gasteiger partial charge in [0.15, 0.2) is 0 Å². The lowest BCUT2D eigenvalue weighted by Gasteiger charge is -2.27. The van der Waals surface area contributed by atoms with E-state index in [2.05, 4.69) is 6.07 Å². The van der Waals surface area contributed by atoms with Crippen molar-refractivity contribution in [2.24, 2.45) is 0 Å². The molecule has 0 aromatic heterocycles. The SMILES string of the molecule is N#Cc1cc(F)[c]cc1OC1CCO1. The highest BCUT2D eigenvalue weighted by molar-refractivity contribution is 5.42. The van der Waals surface area contributed by atoms with E-state index in [1.54, 1.807) is 0 Å². The fraction of sp³-hybridized carbons (Fsp3) is 0.300. The predicted molar refractivity (Wildman–Crippen MR) is 44.9 cm³/mol. The van der Waals surface area contributed by atoms with Crippen LogP contribution in [-0.2, 0) is 4.74 Å². The molecule has 1 aliphatic rings. The molecule has 1 aromatic carbocycles. The molecule has 2 rings (SSSR count). The highest BCUT2D eigenvalue weighted by atomic mass is 19.1. The molecule has 1 atom stereocenters. The first-order valence-electron chi connectivity index (χ1n) is 4.19. The average Bonchev–Trinajstić information content (AvgIpc) is 2.13. The van der Waals surface area contributed by atoms with Crippen molar-refractivity contribution in [1.82, 2.24) is 0 Å². The molecule has 1 fully saturated rings. The van der Waals surface area contributed by atoms with Crippen LogP contribution >= 0.6 is 0 Å². The van der Waals surface area contributed by atoms with Crippen LogP contribution in [0, 0.1) is 23.2 Å². The summed E-state index contributed by atoms with van der Waals surface area (Å²) in [5, 5.41) is 8.70. The normalized spacial score (nSPS) is 19.6. The molecule has 1 aromatic rings. The van der Waals surface area contributed by atoms with Gasteiger partial charge in [0, 0.05) is 12.5 Å². The fourth-order valence-corrected chi connectivity index (χ4v) is 1.09. The zero-order valence-corrected chi connectivity index (χ0v) is 7.29. The van der Waals surface area contributed by atoms with Gasteiger partial charge in [-0.3, -0.25) is 0 Å². The summed E-state index contributed by atoms with van der Waals surface area (Å²) in [6.07, 6.45) is 0.489. The number of nitriles is 1. The molecule has 3 nitrogen and oxygen atoms in total. The van der Waals surface area contributed by atoms with Crippen LogP contribution in [0.1, 0.15) is 12.0 Å². The Balaban J connectivity index is 2.19. The van der Waals surface area contributed by atoms with Crippen LogP contribution in [0.4, 0.5) is 4.39 Å². The lowest BCUT2D eigenvalue weighted by Crippen LogP contribution is -2.32. The first-order valence-corrected chi connectivity index (χ1v) is 4.19. The molecule has 1 unspecified atom stereocenters. The summed E-state index contributed by atoms with van der Waals surface area (Å²) in [6, 6.07) is 6.59. The fourth-order valence-electron chi connectivity index (χ4n) is 1.09. The van der Waals surface area contributed by atoms with Gasteiger partial charge in [0.1, 0.15) is 17.6 Å². The number of hydrogen-bond acceptors (Lipinski definition) is 3. The van der Waals surface area contributed by atoms with E-state index in [0.717, 1.165) is 12.5 Å². The molecule has 0 saturated carbocycles. The highest BCUT2D eigenvalue weighted by Gasteiger charge is 2.21. The monoisotopic (exact) mass is 192 g/mol. The van der Waals surface area contributed by atoms with Crippen molar-refractivity contribution in [3.05, 3.63) is 29.6 Å². The molecule has 14 heavy (non-hydrogen) atoms. The lowest BCUT2D eigenvalue weighted by atomic mass is 10.2. The van der Waals surface area contributed by atoms with Gasteiger partial charge in [0.05, 0.1) is 12.2 Å². The summed E-state index contributed by atoms with van der Waals surface area (Å²) in [5.41, 5.74) is 0.164. The minimum absolute atomic E-state index is 0.164. The van der Waals surface area contributed by atoms with Crippen molar-refractivity contribution in [3.63, 3.8) is 0 Å². The van der Waals surface area contributed by atoms with Crippen LogP contribution in [0.3, 0.4) is 0 Å². The maximum absolute atomic E-state index is 12.7. The minimum Gasteiger partial charge on any atom is -0.463 e. The van der Waals surface area contributed by atoms with Gasteiger partial charge in [-0.15, -0.1) is 0 Å². The van der Waals surface area contributed by atoms with Crippen molar-refractivity contribution < 1.29 is 13.9 Å². The third kappa shape index (κ3) is 1.68. The van der Waals surface area contributed by atoms with E-state index in [9.17, 15) is 4.39 Å². The second-order valence-electron chi connectivity index (χ2n) is 2.88. The molecule has 0 spiro atoms. The van der Waals surface area contributed by atoms with Gasteiger partial charge in [0.25, 0.3) is 0 Å². The molecule has 4 heteroatoms. The first-order chi connectivity index (χ1) is 6.79. The quantitative estimate of drug-likeness (QED) is 0.715. The Hall–Kier alpha value is -1.60. The maximum atomic E-state index is 12.7. The van der Waals surface area contributed by atoms with E-state index in [0.29, 0.717) is 12.4 Å². The Labute approximate surface area is 80.7 Å². The van der Waals surface area contributed by atoms with E-state index in [4.69, 9.17) is 14.7 Å². The van der Waals surface area contributed by atoms with Gasteiger partial charge in [-0.05, 0) is 12.1 Å². The smallest absolute Gasteiger partial charge is 0.202 e. The Morgan fingerprint density at radius 3 is 3.07 bits per heavy atom. The number of halogens is 1. The third-order valence-electron chi connectivity index (χ3n) is 1.91. The van der Waals surface area contributed by atoms with Gasteiger partial charge < -0.3 is 9.47 Å². The number of benzene rings is 1. The Morgan fingerprint density at radius 1 is 1.71 bits per heavy atom. The van der Waals surface area contributed by atoms with Gasteiger partial charge >= 0.3 is 0 Å². The molecule has 0 N–H and O–H groups in total. The number of hydrogen-bond donors (Lipinski definition) is 0. The van der Waals surface area contributed by atoms with Crippen LogP contribution in [0.2, 0.25) is 0 Å². The molecule has 1 radical (unpaired) electrons. The number of rotatable bonds is 2. The highest BCUT2D eigenvalue weighted by Crippen LogP contribution is 2.23. The van der Waals surface area contributed by atoms with Gasteiger partial charge in [0.2, 0.25) is 6.29 Å². The predicted octanol–water partition coefficient (Wildman–Crippen LogP) is 1.62. The molecule has 0 bridgehead atoms. The lowest BCUT2D eigenvalue weighted by molar-refractivity contribution is -0.165. The maximum Gasteiger partial charge on any atom is 0.202 e. The number of nitrogens with zero attached hydrogens (tertiary/aromatic N) is 1. The van der Waals surface area contributed by atoms with Crippen molar-refractivity contribution in [2.75, 3.05) is 6.61 Å². The first kappa shape index (κ1) is 8.97. The van der Waals surface area contributed by atoms with Crippen LogP contribution in [0.25, 0.3) is 0 Å². The van der Waals surface area contributed by atoms with Gasteiger partial charge in [-0.25, -0.2) is 4.39 Å². The second-order valence-corrected chi connectivity index (χ2v) is 2.88. The number of ether oxygens (including phenoxy) is 2. The van der Waals surface area contributed by atoms with E-state index in [1.807, 2.05) is 6.07 Å². The van der Waals surface area contributed by atoms with Crippen molar-refractivity contribution >= 4 is 0 Å². The summed E-state index contributed by atoms with van der Waals surface area (Å²) in [5.74, 6) is -0.248. The molecule has 1 aliphatic heterocycles. The van der Waals surface area contributed by atoms with Crippen molar-refractivity contribution in [3.8, 4) is 11.8 Å². The topological polar surface area (TPSA) is 42.2 Å². The van der Waals surface area contributed by atoms with Gasteiger partial charge in [-0.2, -0.15) is 5.26 Å². The zero-order valence-electron chi connectivity index (χ0n) is 7.29. The third-order valence-corrected chi connectivity index (χ3v) is 1.91. The van der Waals surface area contributed by atoms with E-state index >= 15 is 0 Å². The van der Waals surface area contributed by atoms with Crippen LogP contribution < -0.4 is 4.74 Å². The molecular formula is C10H7FNO2. The Bertz CT molecular complexity index is 382. The van der Waals surface area contributed by atoms with Gasteiger partial charge in [-0.1, -0.05) is 0 Å². The largest absolute Gasteiger partial charge is 0.463 e. The minimum atomic E-state index is -0.566. The Kier molecular flexibility index (Phi) is 2.33. The van der Waals surface area contributed by atoms with Crippen LogP contribution in [0.5, 0.6) is 5.75 Å². The molecule has 0 aliphatic carbocycles. The van der Waals surface area contributed by atoms with Crippen LogP contribution in [-0.4, -0.2) is 12.9 Å². The summed E-state index contributed by atoms with van der Waals surface area (Å²) in [4.78, 5) is 0. The summed E-state index contributed by atoms with van der Waals surface area (Å²) in [7, 11) is 0. The molecular weight excluding hydrogens is 185 g/mol. The molecule has 1 saturated heterocycles. The van der Waals surface area contributed by atoms with Crippen molar-refractivity contribution in [2.45, 2.75) is 12.7 Å². The Morgan fingerprint density at radius 2 is 2.50 bits per heavy atom. The van der Waals surface area contributed by atoms with E-state index in [1.165, 1.54) is 6.07 Å². The summed E-state index contributed by atoms with van der Waals surface area (Å²) >= 11 is 0. The second kappa shape index (κ2) is 3.64. The van der Waals surface area contributed by atoms with Crippen LogP contribution in [0.15, 0.2) is 12.1 Å². The standard InChI is InChI=1S/C10H7FNO2/c11-8-1-2-9(7(5-8)6-12)14-10-3-4-13-10/h2,5,10H,3-4H2. The van der Waals surface area contributed by atoms with Crippen molar-refractivity contribution in [1.29, 1.82) is 5.26 Å². The molecule has 1 heterocycles. The average molecular weight is 192 g/mol. The van der Waals surface area contributed by atoms with E-state index < -0.39 is 5.82 Å². The van der Waals surface area contributed by atoms with E-state index in [-0.39, 0.29) is 11.9 Å². The summed E-state index contributed by atoms with van der Waals surface area (Å²) in [6.45, 7) is 0.664. The molecule has 0 amide bonds.